The van der Waals surface area contributed by atoms with Crippen LogP contribution < -0.4 is 5.32 Å². The van der Waals surface area contributed by atoms with Crippen molar-refractivity contribution in [1.29, 1.82) is 0 Å². The number of rotatable bonds is 9. The van der Waals surface area contributed by atoms with E-state index in [0.717, 1.165) is 17.3 Å². The maximum absolute atomic E-state index is 12.9. The van der Waals surface area contributed by atoms with Crippen LogP contribution in [0.25, 0.3) is 0 Å². The first-order valence-electron chi connectivity index (χ1n) is 9.60. The number of thioether (sulfide) groups is 1. The molecule has 1 aromatic rings. The van der Waals surface area contributed by atoms with Crippen molar-refractivity contribution in [3.8, 4) is 0 Å². The van der Waals surface area contributed by atoms with E-state index >= 15 is 0 Å². The van der Waals surface area contributed by atoms with Gasteiger partial charge in [-0.1, -0.05) is 42.1 Å². The summed E-state index contributed by atoms with van der Waals surface area (Å²) in [5.41, 5.74) is 0.849. The van der Waals surface area contributed by atoms with Gasteiger partial charge in [-0.3, -0.25) is 14.1 Å². The Morgan fingerprint density at radius 3 is 2.66 bits per heavy atom. The molecule has 3 rings (SSSR count). The molecule has 2 heterocycles. The molecule has 32 heavy (non-hydrogen) atoms. The summed E-state index contributed by atoms with van der Waals surface area (Å²) in [4.78, 5) is 38.5. The number of amides is 2. The number of nitrogens with zero attached hydrogens (tertiary/aromatic N) is 1. The van der Waals surface area contributed by atoms with Crippen LogP contribution in [-0.2, 0) is 40.3 Å². The fraction of sp³-hybridized carbons (Fsp3) is 0.350. The average molecular weight is 483 g/mol. The fourth-order valence-electron chi connectivity index (χ4n) is 3.62. The van der Waals surface area contributed by atoms with Crippen LogP contribution >= 0.6 is 11.8 Å². The van der Waals surface area contributed by atoms with E-state index in [4.69, 9.17) is 9.29 Å². The zero-order chi connectivity index (χ0) is 23.5. The number of carbonyl (C=O) groups excluding carboxylic acids is 3. The number of hydrogen-bond donors (Lipinski definition) is 2. The van der Waals surface area contributed by atoms with Gasteiger partial charge in [0.2, 0.25) is 11.8 Å². The van der Waals surface area contributed by atoms with Gasteiger partial charge in [-0.2, -0.15) is 8.42 Å². The van der Waals surface area contributed by atoms with E-state index in [2.05, 4.69) is 9.50 Å². The molecule has 0 aromatic heterocycles. The third-order valence-electron chi connectivity index (χ3n) is 4.92. The summed E-state index contributed by atoms with van der Waals surface area (Å²) >= 11 is 1.14. The number of benzene rings is 1. The monoisotopic (exact) mass is 482 g/mol. The van der Waals surface area contributed by atoms with Crippen LogP contribution in [0.1, 0.15) is 25.8 Å². The Hall–Kier alpha value is -2.67. The number of hydrogen-bond acceptors (Lipinski definition) is 8. The van der Waals surface area contributed by atoms with E-state index in [1.807, 2.05) is 18.2 Å². The van der Waals surface area contributed by atoms with Gasteiger partial charge in [0, 0.05) is 24.4 Å². The van der Waals surface area contributed by atoms with Gasteiger partial charge in [-0.05, 0) is 17.9 Å². The Labute approximate surface area is 189 Å². The van der Waals surface area contributed by atoms with Crippen LogP contribution in [0.2, 0.25) is 0 Å². The Kier molecular flexibility index (Phi) is 7.39. The molecule has 0 aliphatic carbocycles. The maximum atomic E-state index is 12.9. The molecule has 0 unspecified atom stereocenters. The zero-order valence-electron chi connectivity index (χ0n) is 17.3. The molecule has 0 radical (unpaired) electrons. The predicted octanol–water partition coefficient (Wildman–Crippen LogP) is 1.72. The first kappa shape index (κ1) is 24.0. The summed E-state index contributed by atoms with van der Waals surface area (Å²) < 4.78 is 41.0. The average Bonchev–Trinajstić information content (AvgIpc) is 3.03. The van der Waals surface area contributed by atoms with E-state index in [-0.39, 0.29) is 24.6 Å². The van der Waals surface area contributed by atoms with Gasteiger partial charge >= 0.3 is 16.4 Å². The largest absolute Gasteiger partial charge is 0.456 e. The van der Waals surface area contributed by atoms with Gasteiger partial charge in [0.05, 0.1) is 18.1 Å². The fourth-order valence-corrected chi connectivity index (χ4v) is 4.99. The molecule has 2 amide bonds. The quantitative estimate of drug-likeness (QED) is 0.306. The topological polar surface area (TPSA) is 139 Å². The summed E-state index contributed by atoms with van der Waals surface area (Å²) in [6.45, 7) is 2.73. The van der Waals surface area contributed by atoms with Gasteiger partial charge in [0.25, 0.3) is 0 Å². The normalized spacial score (nSPS) is 21.3. The number of fused-ring (bicyclic) bond motifs is 1. The Bertz CT molecular complexity index is 1070. The molecule has 3 atom stereocenters. The van der Waals surface area contributed by atoms with Crippen LogP contribution in [0.4, 0.5) is 0 Å². The predicted molar refractivity (Wildman–Crippen MR) is 115 cm³/mol. The van der Waals surface area contributed by atoms with Crippen molar-refractivity contribution in [2.24, 2.45) is 5.92 Å². The van der Waals surface area contributed by atoms with Gasteiger partial charge in [-0.15, -0.1) is 0 Å². The number of carbonyl (C=O) groups is 3. The van der Waals surface area contributed by atoms with Crippen LogP contribution in [0.3, 0.4) is 0 Å². The van der Waals surface area contributed by atoms with Crippen molar-refractivity contribution in [3.63, 3.8) is 0 Å². The molecule has 10 nitrogen and oxygen atoms in total. The van der Waals surface area contributed by atoms with Gasteiger partial charge in [0.15, 0.2) is 0 Å². The van der Waals surface area contributed by atoms with Crippen molar-refractivity contribution in [2.45, 2.75) is 39.0 Å². The smallest absolute Gasteiger partial charge is 0.397 e. The molecule has 2 aliphatic rings. The summed E-state index contributed by atoms with van der Waals surface area (Å²) in [5.74, 6) is -2.31. The SMILES string of the molecule is CC(=O)N/C=C/SC1=C(C(=O)OCc2ccccc2)N2C(=O)[C@@H]([C@H](C)OS(=O)(=O)O)[C@H]2C1. The highest BCUT2D eigenvalue weighted by atomic mass is 32.3. The highest BCUT2D eigenvalue weighted by Gasteiger charge is 2.58. The molecule has 0 saturated carbocycles. The van der Waals surface area contributed by atoms with E-state index in [0.29, 0.717) is 4.91 Å². The lowest BCUT2D eigenvalue weighted by molar-refractivity contribution is -0.161. The van der Waals surface area contributed by atoms with E-state index in [1.165, 1.54) is 24.9 Å². The van der Waals surface area contributed by atoms with Gasteiger partial charge in [0.1, 0.15) is 12.3 Å². The van der Waals surface area contributed by atoms with Crippen molar-refractivity contribution in [3.05, 3.63) is 58.1 Å². The van der Waals surface area contributed by atoms with Gasteiger partial charge < -0.3 is 15.0 Å². The van der Waals surface area contributed by atoms with E-state index in [1.54, 1.807) is 17.5 Å². The molecule has 0 bridgehead atoms. The Balaban J connectivity index is 1.78. The summed E-state index contributed by atoms with van der Waals surface area (Å²) in [6.07, 6.45) is 0.561. The number of β-lactam (4-membered cyclic amide) rings is 1. The molecule has 2 aliphatic heterocycles. The van der Waals surface area contributed by atoms with Crippen molar-refractivity contribution < 1.29 is 36.3 Å². The Morgan fingerprint density at radius 1 is 1.34 bits per heavy atom. The summed E-state index contributed by atoms with van der Waals surface area (Å²) in [7, 11) is -4.74. The first-order valence-corrected chi connectivity index (χ1v) is 11.8. The third-order valence-corrected chi connectivity index (χ3v) is 6.38. The maximum Gasteiger partial charge on any atom is 0.397 e. The van der Waals surface area contributed by atoms with Crippen molar-refractivity contribution in [2.75, 3.05) is 0 Å². The van der Waals surface area contributed by atoms with Crippen molar-refractivity contribution >= 4 is 39.9 Å². The second kappa shape index (κ2) is 9.86. The van der Waals surface area contributed by atoms with Crippen molar-refractivity contribution in [1.82, 2.24) is 10.2 Å². The molecule has 2 N–H and O–H groups in total. The number of ether oxygens (including phenoxy) is 1. The summed E-state index contributed by atoms with van der Waals surface area (Å²) in [6, 6.07) is 8.52. The molecule has 172 valence electrons. The lowest BCUT2D eigenvalue weighted by Gasteiger charge is -2.45. The Morgan fingerprint density at radius 2 is 2.03 bits per heavy atom. The minimum Gasteiger partial charge on any atom is -0.456 e. The van der Waals surface area contributed by atoms with Crippen LogP contribution in [0.5, 0.6) is 0 Å². The number of nitrogens with one attached hydrogen (secondary N) is 1. The molecule has 1 aromatic carbocycles. The third kappa shape index (κ3) is 5.57. The highest BCUT2D eigenvalue weighted by molar-refractivity contribution is 8.05. The molecule has 12 heteroatoms. The minimum atomic E-state index is -4.74. The zero-order valence-corrected chi connectivity index (χ0v) is 18.9. The highest BCUT2D eigenvalue weighted by Crippen LogP contribution is 2.48. The minimum absolute atomic E-state index is 0.0151. The van der Waals surface area contributed by atoms with Crippen LogP contribution in [0, 0.1) is 5.92 Å². The molecule has 1 saturated heterocycles. The summed E-state index contributed by atoms with van der Waals surface area (Å²) in [5, 5.41) is 4.05. The molecule has 0 spiro atoms. The van der Waals surface area contributed by atoms with Crippen LogP contribution in [0.15, 0.2) is 52.5 Å². The second-order valence-corrected chi connectivity index (χ2v) is 9.24. The molecular weight excluding hydrogens is 460 g/mol. The first-order chi connectivity index (χ1) is 15.1. The number of esters is 1. The molecular formula is C20H22N2O8S2. The van der Waals surface area contributed by atoms with Crippen LogP contribution in [-0.4, -0.2) is 47.8 Å². The lowest BCUT2D eigenvalue weighted by Crippen LogP contribution is -2.62. The van der Waals surface area contributed by atoms with E-state index < -0.39 is 40.3 Å². The lowest BCUT2D eigenvalue weighted by atomic mass is 9.83. The van der Waals surface area contributed by atoms with Gasteiger partial charge in [-0.25, -0.2) is 8.98 Å². The second-order valence-electron chi connectivity index (χ2n) is 7.19. The standard InChI is InChI=1S/C20H22N2O8S2/c1-12(30-32(26,27)28)17-15-10-16(31-9-8-21-13(2)23)18(22(15)19(17)24)20(25)29-11-14-6-4-3-5-7-14/h3-9,12,15,17H,10-11H2,1-2H3,(H,21,23)(H,26,27,28)/b9-8+/t12-,15+,17-/m0/s1. The van der Waals surface area contributed by atoms with E-state index in [9.17, 15) is 22.8 Å². The molecule has 1 fully saturated rings.